The van der Waals surface area contributed by atoms with Crippen LogP contribution in [-0.2, 0) is 0 Å². The second-order valence-corrected chi connectivity index (χ2v) is 5.22. The summed E-state index contributed by atoms with van der Waals surface area (Å²) in [5.41, 5.74) is 3.98. The molecule has 1 nitrogen and oxygen atoms in total. The molecule has 0 spiro atoms. The van der Waals surface area contributed by atoms with Gasteiger partial charge in [0.05, 0.1) is 6.61 Å². The van der Waals surface area contributed by atoms with E-state index in [4.69, 9.17) is 4.74 Å². The molecule has 19 heavy (non-hydrogen) atoms. The summed E-state index contributed by atoms with van der Waals surface area (Å²) in [6.07, 6.45) is 1.04. The second-order valence-electron chi connectivity index (χ2n) is 5.22. The zero-order valence-electron chi connectivity index (χ0n) is 13.1. The molecule has 0 amide bonds. The summed E-state index contributed by atoms with van der Waals surface area (Å²) >= 11 is 0. The van der Waals surface area contributed by atoms with Crippen LogP contribution in [0.2, 0.25) is 0 Å². The Morgan fingerprint density at radius 1 is 1.16 bits per heavy atom. The third-order valence-electron chi connectivity index (χ3n) is 3.85. The van der Waals surface area contributed by atoms with Crippen molar-refractivity contribution in [2.45, 2.75) is 53.9 Å². The van der Waals surface area contributed by atoms with E-state index in [-0.39, 0.29) is 0 Å². The number of benzene rings is 1. The van der Waals surface area contributed by atoms with E-state index in [1.807, 2.05) is 6.92 Å². The minimum absolute atomic E-state index is 0.380. The van der Waals surface area contributed by atoms with Gasteiger partial charge in [0.15, 0.2) is 0 Å². The van der Waals surface area contributed by atoms with Crippen molar-refractivity contribution in [3.8, 4) is 17.6 Å². The van der Waals surface area contributed by atoms with Crippen LogP contribution in [0.1, 0.15) is 56.7 Å². The largest absolute Gasteiger partial charge is 0.493 e. The summed E-state index contributed by atoms with van der Waals surface area (Å²) in [4.78, 5) is 0. The first-order chi connectivity index (χ1) is 9.02. The van der Waals surface area contributed by atoms with Gasteiger partial charge >= 0.3 is 0 Å². The molecule has 1 heteroatoms. The van der Waals surface area contributed by atoms with Gasteiger partial charge in [0.25, 0.3) is 0 Å². The fraction of sp³-hybridized carbons (Fsp3) is 0.556. The first kappa shape index (κ1) is 15.6. The van der Waals surface area contributed by atoms with E-state index in [0.29, 0.717) is 11.8 Å². The lowest BCUT2D eigenvalue weighted by molar-refractivity contribution is 0.315. The fourth-order valence-electron chi connectivity index (χ4n) is 2.30. The molecule has 0 aromatic heterocycles. The second kappa shape index (κ2) is 7.24. The lowest BCUT2D eigenvalue weighted by Gasteiger charge is -2.21. The maximum Gasteiger partial charge on any atom is 0.122 e. The van der Waals surface area contributed by atoms with Gasteiger partial charge < -0.3 is 4.74 Å². The predicted molar refractivity (Wildman–Crippen MR) is 82.7 cm³/mol. The Morgan fingerprint density at radius 2 is 1.84 bits per heavy atom. The molecule has 0 heterocycles. The average Bonchev–Trinajstić information content (AvgIpc) is 2.40. The maximum atomic E-state index is 5.78. The molecule has 0 bridgehead atoms. The fourth-order valence-corrected chi connectivity index (χ4v) is 2.30. The molecular weight excluding hydrogens is 232 g/mol. The molecule has 1 aromatic rings. The van der Waals surface area contributed by atoms with Crippen LogP contribution in [0.25, 0.3) is 0 Å². The summed E-state index contributed by atoms with van der Waals surface area (Å²) in [5.74, 6) is 8.12. The molecule has 0 fully saturated rings. The molecular formula is C18H26O. The van der Waals surface area contributed by atoms with E-state index >= 15 is 0 Å². The summed E-state index contributed by atoms with van der Waals surface area (Å²) in [7, 11) is 0. The van der Waals surface area contributed by atoms with Gasteiger partial charge in [-0.1, -0.05) is 32.8 Å². The Hall–Kier alpha value is -1.42. The number of rotatable bonds is 5. The Kier molecular flexibility index (Phi) is 5.96. The molecule has 0 radical (unpaired) electrons. The van der Waals surface area contributed by atoms with Gasteiger partial charge in [0, 0.05) is 5.92 Å². The Morgan fingerprint density at radius 3 is 2.42 bits per heavy atom. The Labute approximate surface area is 118 Å². The van der Waals surface area contributed by atoms with Crippen molar-refractivity contribution >= 4 is 0 Å². The van der Waals surface area contributed by atoms with Crippen molar-refractivity contribution in [3.63, 3.8) is 0 Å². The Bertz CT molecular complexity index is 476. The SMILES string of the molecule is CC#CC(C)C(C)c1ccc(OCCC)c(C)c1C. The lowest BCUT2D eigenvalue weighted by atomic mass is 9.85. The molecule has 0 aliphatic heterocycles. The molecule has 0 saturated carbocycles. The van der Waals surface area contributed by atoms with E-state index in [1.165, 1.54) is 16.7 Å². The molecule has 2 atom stereocenters. The van der Waals surface area contributed by atoms with Crippen molar-refractivity contribution in [3.05, 3.63) is 28.8 Å². The molecule has 104 valence electrons. The van der Waals surface area contributed by atoms with E-state index in [2.05, 4.69) is 58.6 Å². The molecule has 1 aromatic carbocycles. The summed E-state index contributed by atoms with van der Waals surface area (Å²) in [5, 5.41) is 0. The lowest BCUT2D eigenvalue weighted by Crippen LogP contribution is -2.08. The van der Waals surface area contributed by atoms with Crippen molar-refractivity contribution in [2.75, 3.05) is 6.61 Å². The van der Waals surface area contributed by atoms with Gasteiger partial charge in [-0.3, -0.25) is 0 Å². The topological polar surface area (TPSA) is 9.23 Å². The molecule has 0 N–H and O–H groups in total. The summed E-state index contributed by atoms with van der Waals surface area (Å²) in [6, 6.07) is 4.31. The third kappa shape index (κ3) is 3.77. The van der Waals surface area contributed by atoms with Gasteiger partial charge in [-0.25, -0.2) is 0 Å². The highest BCUT2D eigenvalue weighted by atomic mass is 16.5. The highest BCUT2D eigenvalue weighted by Gasteiger charge is 2.17. The van der Waals surface area contributed by atoms with E-state index in [1.54, 1.807) is 0 Å². The number of hydrogen-bond acceptors (Lipinski definition) is 1. The summed E-state index contributed by atoms with van der Waals surface area (Å²) in [6.45, 7) is 13.6. The van der Waals surface area contributed by atoms with E-state index < -0.39 is 0 Å². The monoisotopic (exact) mass is 258 g/mol. The van der Waals surface area contributed by atoms with Crippen molar-refractivity contribution in [2.24, 2.45) is 5.92 Å². The zero-order chi connectivity index (χ0) is 14.4. The van der Waals surface area contributed by atoms with Crippen LogP contribution in [0.15, 0.2) is 12.1 Å². The minimum atomic E-state index is 0.380. The highest BCUT2D eigenvalue weighted by Crippen LogP contribution is 2.32. The first-order valence-corrected chi connectivity index (χ1v) is 7.18. The number of ether oxygens (including phenoxy) is 1. The summed E-state index contributed by atoms with van der Waals surface area (Å²) < 4.78 is 5.78. The van der Waals surface area contributed by atoms with E-state index in [9.17, 15) is 0 Å². The van der Waals surface area contributed by atoms with Gasteiger partial charge in [-0.05, 0) is 55.9 Å². The smallest absolute Gasteiger partial charge is 0.122 e. The van der Waals surface area contributed by atoms with Crippen LogP contribution in [0.3, 0.4) is 0 Å². The standard InChI is InChI=1S/C18H26O/c1-7-9-13(3)14(4)17-10-11-18(19-12-8-2)16(6)15(17)5/h10-11,13-14H,8,12H2,1-6H3. The molecule has 1 rings (SSSR count). The highest BCUT2D eigenvalue weighted by molar-refractivity contribution is 5.45. The van der Waals surface area contributed by atoms with Crippen LogP contribution in [0.5, 0.6) is 5.75 Å². The molecule has 0 aliphatic carbocycles. The van der Waals surface area contributed by atoms with Gasteiger partial charge in [-0.2, -0.15) is 0 Å². The van der Waals surface area contributed by atoms with E-state index in [0.717, 1.165) is 18.8 Å². The predicted octanol–water partition coefficient (Wildman–Crippen LogP) is 4.86. The van der Waals surface area contributed by atoms with Crippen LogP contribution >= 0.6 is 0 Å². The van der Waals surface area contributed by atoms with Gasteiger partial charge in [-0.15, -0.1) is 5.92 Å². The molecule has 0 saturated heterocycles. The van der Waals surface area contributed by atoms with Crippen LogP contribution in [0, 0.1) is 31.6 Å². The minimum Gasteiger partial charge on any atom is -0.493 e. The van der Waals surface area contributed by atoms with Crippen molar-refractivity contribution in [1.82, 2.24) is 0 Å². The molecule has 0 aliphatic rings. The Balaban J connectivity index is 3.03. The van der Waals surface area contributed by atoms with Gasteiger partial charge in [0.1, 0.15) is 5.75 Å². The van der Waals surface area contributed by atoms with Crippen LogP contribution in [-0.4, -0.2) is 6.61 Å². The zero-order valence-corrected chi connectivity index (χ0v) is 13.1. The third-order valence-corrected chi connectivity index (χ3v) is 3.85. The maximum absolute atomic E-state index is 5.78. The average molecular weight is 258 g/mol. The quantitative estimate of drug-likeness (QED) is 0.686. The molecule has 2 unspecified atom stereocenters. The first-order valence-electron chi connectivity index (χ1n) is 7.18. The number of hydrogen-bond donors (Lipinski definition) is 0. The van der Waals surface area contributed by atoms with Crippen molar-refractivity contribution < 1.29 is 4.74 Å². The van der Waals surface area contributed by atoms with Crippen LogP contribution in [0.4, 0.5) is 0 Å². The van der Waals surface area contributed by atoms with Gasteiger partial charge in [0.2, 0.25) is 0 Å². The van der Waals surface area contributed by atoms with Crippen LogP contribution < -0.4 is 4.74 Å². The van der Waals surface area contributed by atoms with Crippen molar-refractivity contribution in [1.29, 1.82) is 0 Å². The normalized spacial score (nSPS) is 13.4.